The van der Waals surface area contributed by atoms with Crippen LogP contribution >= 0.6 is 0 Å². The van der Waals surface area contributed by atoms with Gasteiger partial charge in [0, 0.05) is 17.7 Å². The summed E-state index contributed by atoms with van der Waals surface area (Å²) >= 11 is 0. The maximum Gasteiger partial charge on any atom is 0.259 e. The van der Waals surface area contributed by atoms with E-state index in [-0.39, 0.29) is 5.91 Å². The Hall–Kier alpha value is -2.87. The molecular weight excluding hydrogens is 294 g/mol. The van der Waals surface area contributed by atoms with Gasteiger partial charge in [-0.1, -0.05) is 66.2 Å². The molecule has 1 atom stereocenters. The van der Waals surface area contributed by atoms with Crippen LogP contribution < -0.4 is 4.90 Å². The van der Waals surface area contributed by atoms with Gasteiger partial charge >= 0.3 is 0 Å². The van der Waals surface area contributed by atoms with Crippen molar-refractivity contribution in [2.24, 2.45) is 0 Å². The lowest BCUT2D eigenvalue weighted by Crippen LogP contribution is -2.42. The smallest absolute Gasteiger partial charge is 0.259 e. The summed E-state index contributed by atoms with van der Waals surface area (Å²) < 4.78 is 0. The van der Waals surface area contributed by atoms with Crippen molar-refractivity contribution in [3.63, 3.8) is 0 Å². The van der Waals surface area contributed by atoms with Crippen LogP contribution in [-0.4, -0.2) is 5.91 Å². The standard InChI is InChI=1S/C22H17NO/c1-15-10-12-17(13-11-15)22-14-16-6-2-5-9-20(16)23(22)21(24)18-7-3-4-8-19(18)22/h2-13H,14H2,1H3/t22-/m0/s1. The molecule has 0 unspecified atom stereocenters. The number of para-hydroxylation sites is 1. The van der Waals surface area contributed by atoms with E-state index < -0.39 is 5.54 Å². The number of anilines is 1. The van der Waals surface area contributed by atoms with E-state index in [1.807, 2.05) is 29.2 Å². The number of nitrogens with zero attached hydrogens (tertiary/aromatic N) is 1. The van der Waals surface area contributed by atoms with Crippen LogP contribution in [0.15, 0.2) is 72.8 Å². The third-order valence-corrected chi connectivity index (χ3v) is 5.40. The Morgan fingerprint density at radius 1 is 0.875 bits per heavy atom. The molecule has 2 aliphatic heterocycles. The quantitative estimate of drug-likeness (QED) is 0.650. The van der Waals surface area contributed by atoms with Crippen molar-refractivity contribution < 1.29 is 4.79 Å². The number of fused-ring (bicyclic) bond motifs is 5. The molecule has 0 spiro atoms. The number of benzene rings is 3. The SMILES string of the molecule is Cc1ccc([C@]23Cc4ccccc4N2C(=O)c2ccccc23)cc1. The largest absolute Gasteiger partial charge is 0.293 e. The molecule has 0 radical (unpaired) electrons. The van der Waals surface area contributed by atoms with E-state index in [9.17, 15) is 4.79 Å². The van der Waals surface area contributed by atoms with Gasteiger partial charge in [0.15, 0.2) is 0 Å². The van der Waals surface area contributed by atoms with Gasteiger partial charge in [0.05, 0.1) is 0 Å². The molecule has 0 aliphatic carbocycles. The van der Waals surface area contributed by atoms with Gasteiger partial charge in [-0.05, 0) is 35.7 Å². The van der Waals surface area contributed by atoms with Gasteiger partial charge in [-0.3, -0.25) is 9.69 Å². The predicted molar refractivity (Wildman–Crippen MR) is 95.4 cm³/mol. The van der Waals surface area contributed by atoms with Crippen molar-refractivity contribution in [3.05, 3.63) is 101 Å². The first-order valence-corrected chi connectivity index (χ1v) is 8.31. The van der Waals surface area contributed by atoms with Gasteiger partial charge in [0.2, 0.25) is 0 Å². The van der Waals surface area contributed by atoms with Crippen LogP contribution in [0.2, 0.25) is 0 Å². The number of rotatable bonds is 1. The molecule has 3 aromatic rings. The third kappa shape index (κ3) is 1.53. The van der Waals surface area contributed by atoms with Gasteiger partial charge in [-0.15, -0.1) is 0 Å². The van der Waals surface area contributed by atoms with Crippen LogP contribution in [0.3, 0.4) is 0 Å². The van der Waals surface area contributed by atoms with Crippen molar-refractivity contribution in [1.82, 2.24) is 0 Å². The maximum absolute atomic E-state index is 13.2. The first-order valence-electron chi connectivity index (χ1n) is 8.31. The Kier molecular flexibility index (Phi) is 2.58. The molecule has 3 aromatic carbocycles. The van der Waals surface area contributed by atoms with Crippen molar-refractivity contribution in [3.8, 4) is 0 Å². The van der Waals surface area contributed by atoms with Gasteiger partial charge in [-0.2, -0.15) is 0 Å². The Balaban J connectivity index is 1.84. The average molecular weight is 311 g/mol. The first kappa shape index (κ1) is 13.6. The maximum atomic E-state index is 13.2. The highest BCUT2D eigenvalue weighted by Crippen LogP contribution is 2.54. The fourth-order valence-corrected chi connectivity index (χ4v) is 4.30. The second kappa shape index (κ2) is 4.57. The molecule has 0 saturated carbocycles. The molecule has 2 nitrogen and oxygen atoms in total. The van der Waals surface area contributed by atoms with E-state index in [1.165, 1.54) is 16.7 Å². The van der Waals surface area contributed by atoms with Crippen LogP contribution in [0, 0.1) is 6.92 Å². The van der Waals surface area contributed by atoms with E-state index in [0.717, 1.165) is 23.2 Å². The van der Waals surface area contributed by atoms with Gasteiger partial charge < -0.3 is 0 Å². The molecule has 2 heteroatoms. The Bertz CT molecular complexity index is 973. The minimum absolute atomic E-state index is 0.108. The molecule has 24 heavy (non-hydrogen) atoms. The van der Waals surface area contributed by atoms with Crippen LogP contribution in [0.4, 0.5) is 5.69 Å². The molecule has 0 aromatic heterocycles. The summed E-state index contributed by atoms with van der Waals surface area (Å²) in [4.78, 5) is 15.2. The summed E-state index contributed by atoms with van der Waals surface area (Å²) in [6, 6.07) is 24.9. The number of hydrogen-bond donors (Lipinski definition) is 0. The number of carbonyl (C=O) groups excluding carboxylic acids is 1. The monoisotopic (exact) mass is 311 g/mol. The highest BCUT2D eigenvalue weighted by molar-refractivity contribution is 6.14. The van der Waals surface area contributed by atoms with Crippen LogP contribution in [-0.2, 0) is 12.0 Å². The number of aryl methyl sites for hydroxylation is 1. The molecule has 5 rings (SSSR count). The molecule has 1 amide bonds. The lowest BCUT2D eigenvalue weighted by Gasteiger charge is -2.34. The average Bonchev–Trinajstić information content (AvgIpc) is 3.08. The fraction of sp³-hybridized carbons (Fsp3) is 0.136. The zero-order valence-corrected chi connectivity index (χ0v) is 13.5. The molecule has 0 bridgehead atoms. The lowest BCUT2D eigenvalue weighted by atomic mass is 9.80. The van der Waals surface area contributed by atoms with Crippen molar-refractivity contribution in [2.45, 2.75) is 18.9 Å². The first-order chi connectivity index (χ1) is 11.7. The summed E-state index contributed by atoms with van der Waals surface area (Å²) in [5.41, 5.74) is 6.23. The Morgan fingerprint density at radius 2 is 1.58 bits per heavy atom. The molecule has 0 fully saturated rings. The van der Waals surface area contributed by atoms with E-state index in [2.05, 4.69) is 55.5 Å². The molecular formula is C22H17NO. The third-order valence-electron chi connectivity index (χ3n) is 5.40. The van der Waals surface area contributed by atoms with Crippen molar-refractivity contribution in [2.75, 3.05) is 4.90 Å². The second-order valence-corrected chi connectivity index (χ2v) is 6.72. The Morgan fingerprint density at radius 3 is 2.42 bits per heavy atom. The minimum atomic E-state index is -0.412. The number of carbonyl (C=O) groups is 1. The molecule has 2 heterocycles. The lowest BCUT2D eigenvalue weighted by molar-refractivity contribution is 0.0986. The Labute approximate surface area is 141 Å². The minimum Gasteiger partial charge on any atom is -0.293 e. The highest BCUT2D eigenvalue weighted by atomic mass is 16.2. The van der Waals surface area contributed by atoms with Crippen LogP contribution in [0.25, 0.3) is 0 Å². The van der Waals surface area contributed by atoms with Crippen molar-refractivity contribution in [1.29, 1.82) is 0 Å². The summed E-state index contributed by atoms with van der Waals surface area (Å²) in [5, 5.41) is 0. The van der Waals surface area contributed by atoms with Gasteiger partial charge in [0.1, 0.15) is 5.54 Å². The fourth-order valence-electron chi connectivity index (χ4n) is 4.30. The number of hydrogen-bond acceptors (Lipinski definition) is 1. The van der Waals surface area contributed by atoms with E-state index >= 15 is 0 Å². The highest BCUT2D eigenvalue weighted by Gasteiger charge is 2.55. The van der Waals surface area contributed by atoms with E-state index in [1.54, 1.807) is 0 Å². The summed E-state index contributed by atoms with van der Waals surface area (Å²) in [7, 11) is 0. The summed E-state index contributed by atoms with van der Waals surface area (Å²) in [6.45, 7) is 2.09. The number of amides is 1. The topological polar surface area (TPSA) is 20.3 Å². The molecule has 116 valence electrons. The summed E-state index contributed by atoms with van der Waals surface area (Å²) in [6.07, 6.45) is 0.828. The van der Waals surface area contributed by atoms with E-state index in [4.69, 9.17) is 0 Å². The zero-order valence-electron chi connectivity index (χ0n) is 13.5. The normalized spacial score (nSPS) is 20.7. The second-order valence-electron chi connectivity index (χ2n) is 6.72. The molecule has 0 N–H and O–H groups in total. The van der Waals surface area contributed by atoms with Crippen LogP contribution in [0.5, 0.6) is 0 Å². The van der Waals surface area contributed by atoms with Crippen molar-refractivity contribution >= 4 is 11.6 Å². The summed E-state index contributed by atoms with van der Waals surface area (Å²) in [5.74, 6) is 0.108. The van der Waals surface area contributed by atoms with Gasteiger partial charge in [-0.25, -0.2) is 0 Å². The zero-order chi connectivity index (χ0) is 16.3. The predicted octanol–water partition coefficient (Wildman–Crippen LogP) is 4.46. The molecule has 2 aliphatic rings. The molecule has 0 saturated heterocycles. The van der Waals surface area contributed by atoms with E-state index in [0.29, 0.717) is 0 Å². The van der Waals surface area contributed by atoms with Gasteiger partial charge in [0.25, 0.3) is 5.91 Å². The van der Waals surface area contributed by atoms with Crippen LogP contribution in [0.1, 0.15) is 32.6 Å².